The summed E-state index contributed by atoms with van der Waals surface area (Å²) >= 11 is 1.23. The van der Waals surface area contributed by atoms with Gasteiger partial charge < -0.3 is 19.9 Å². The summed E-state index contributed by atoms with van der Waals surface area (Å²) in [7, 11) is 1.59. The molecule has 0 aliphatic carbocycles. The van der Waals surface area contributed by atoms with Gasteiger partial charge in [0.05, 0.1) is 25.3 Å². The van der Waals surface area contributed by atoms with E-state index in [9.17, 15) is 14.0 Å². The number of halogens is 1. The van der Waals surface area contributed by atoms with E-state index in [0.29, 0.717) is 23.2 Å². The van der Waals surface area contributed by atoms with Gasteiger partial charge in [0.2, 0.25) is 11.8 Å². The van der Waals surface area contributed by atoms with Gasteiger partial charge in [0.25, 0.3) is 0 Å². The van der Waals surface area contributed by atoms with Gasteiger partial charge >= 0.3 is 0 Å². The van der Waals surface area contributed by atoms with Gasteiger partial charge in [0, 0.05) is 12.2 Å². The molecule has 0 aliphatic rings. The predicted octanol–water partition coefficient (Wildman–Crippen LogP) is 3.90. The molecular formula is C24H28FN5O3S. The molecule has 0 saturated carbocycles. The molecule has 1 heterocycles. The summed E-state index contributed by atoms with van der Waals surface area (Å²) in [4.78, 5) is 24.9. The topological polar surface area (TPSA) is 98.1 Å². The van der Waals surface area contributed by atoms with Gasteiger partial charge in [0.1, 0.15) is 11.6 Å². The Morgan fingerprint density at radius 1 is 1.15 bits per heavy atom. The summed E-state index contributed by atoms with van der Waals surface area (Å²) < 4.78 is 20.5. The smallest absolute Gasteiger partial charge is 0.234 e. The van der Waals surface area contributed by atoms with Crippen molar-refractivity contribution in [1.29, 1.82) is 0 Å². The lowest BCUT2D eigenvalue weighted by Gasteiger charge is -2.15. The number of hydrogen-bond acceptors (Lipinski definition) is 6. The second-order valence-corrected chi connectivity index (χ2v) is 8.64. The molecule has 2 aromatic carbocycles. The van der Waals surface area contributed by atoms with Gasteiger partial charge in [-0.1, -0.05) is 30.0 Å². The molecule has 34 heavy (non-hydrogen) atoms. The first-order valence-corrected chi connectivity index (χ1v) is 11.8. The largest absolute Gasteiger partial charge is 0.497 e. The van der Waals surface area contributed by atoms with Crippen LogP contribution in [0.2, 0.25) is 0 Å². The maximum Gasteiger partial charge on any atom is 0.234 e. The number of benzene rings is 2. The van der Waals surface area contributed by atoms with E-state index in [2.05, 4.69) is 20.8 Å². The van der Waals surface area contributed by atoms with Crippen molar-refractivity contribution in [3.05, 3.63) is 65.2 Å². The van der Waals surface area contributed by atoms with Crippen LogP contribution in [-0.2, 0) is 22.6 Å². The van der Waals surface area contributed by atoms with Crippen molar-refractivity contribution in [2.45, 2.75) is 44.9 Å². The minimum absolute atomic E-state index is 0.0896. The van der Waals surface area contributed by atoms with Gasteiger partial charge in [-0.2, -0.15) is 0 Å². The number of anilines is 1. The summed E-state index contributed by atoms with van der Waals surface area (Å²) in [6, 6.07) is 11.2. The standard InChI is InChI=1S/C24H28FN5O3S/c1-5-30-23(16(3)26-21(31)12-17-7-10-19(33-4)11-8-17)28-29-24(30)34-14-22(32)27-20-13-18(25)9-6-15(20)2/h6-11,13,16H,5,12,14H2,1-4H3,(H,26,31)(H,27,32)/t16-/m0/s1. The normalized spacial score (nSPS) is 11.7. The van der Waals surface area contributed by atoms with Crippen LogP contribution in [0.4, 0.5) is 10.1 Å². The van der Waals surface area contributed by atoms with Crippen molar-refractivity contribution >= 4 is 29.3 Å². The molecule has 1 atom stereocenters. The third-order valence-corrected chi connectivity index (χ3v) is 6.12. The average Bonchev–Trinajstić information content (AvgIpc) is 3.23. The fourth-order valence-corrected chi connectivity index (χ4v) is 4.16. The Kier molecular flexibility index (Phi) is 8.64. The number of carbonyl (C=O) groups excluding carboxylic acids is 2. The van der Waals surface area contributed by atoms with Crippen LogP contribution < -0.4 is 15.4 Å². The van der Waals surface area contributed by atoms with Crippen molar-refractivity contribution in [2.24, 2.45) is 0 Å². The number of hydrogen-bond donors (Lipinski definition) is 2. The Bertz CT molecular complexity index is 1150. The first kappa shape index (κ1) is 25.2. The Balaban J connectivity index is 1.58. The van der Waals surface area contributed by atoms with Gasteiger partial charge in [0.15, 0.2) is 11.0 Å². The van der Waals surface area contributed by atoms with E-state index in [4.69, 9.17) is 4.74 Å². The maximum absolute atomic E-state index is 13.5. The molecule has 0 spiro atoms. The number of nitrogens with zero attached hydrogens (tertiary/aromatic N) is 3. The fourth-order valence-electron chi connectivity index (χ4n) is 3.36. The van der Waals surface area contributed by atoms with Gasteiger partial charge in [-0.15, -0.1) is 10.2 Å². The molecular weight excluding hydrogens is 457 g/mol. The molecule has 0 unspecified atom stereocenters. The number of thioether (sulfide) groups is 1. The SMILES string of the molecule is CCn1c(SCC(=O)Nc2cc(F)ccc2C)nnc1[C@H](C)NC(=O)Cc1ccc(OC)cc1. The van der Waals surface area contributed by atoms with Crippen molar-refractivity contribution in [3.63, 3.8) is 0 Å². The molecule has 3 rings (SSSR count). The third-order valence-electron chi connectivity index (χ3n) is 5.16. The molecule has 3 aromatic rings. The van der Waals surface area contributed by atoms with E-state index in [0.717, 1.165) is 16.9 Å². The molecule has 10 heteroatoms. The number of amides is 2. The van der Waals surface area contributed by atoms with Crippen LogP contribution >= 0.6 is 11.8 Å². The monoisotopic (exact) mass is 485 g/mol. The molecule has 1 aromatic heterocycles. The lowest BCUT2D eigenvalue weighted by Crippen LogP contribution is -2.30. The first-order valence-electron chi connectivity index (χ1n) is 10.8. The van der Waals surface area contributed by atoms with Crippen molar-refractivity contribution in [3.8, 4) is 5.75 Å². The number of carbonyl (C=O) groups is 2. The van der Waals surface area contributed by atoms with E-state index in [1.807, 2.05) is 42.7 Å². The molecule has 2 N–H and O–H groups in total. The zero-order valence-electron chi connectivity index (χ0n) is 19.6. The number of rotatable bonds is 10. The number of aryl methyl sites for hydroxylation is 1. The summed E-state index contributed by atoms with van der Waals surface area (Å²) in [5.41, 5.74) is 2.09. The molecule has 0 bridgehead atoms. The van der Waals surface area contributed by atoms with E-state index in [-0.39, 0.29) is 30.0 Å². The molecule has 2 amide bonds. The van der Waals surface area contributed by atoms with Crippen LogP contribution in [0.1, 0.15) is 36.8 Å². The first-order chi connectivity index (χ1) is 16.3. The average molecular weight is 486 g/mol. The van der Waals surface area contributed by atoms with Gasteiger partial charge in [-0.05, 0) is 56.2 Å². The van der Waals surface area contributed by atoms with Crippen LogP contribution in [-0.4, -0.2) is 39.4 Å². The highest BCUT2D eigenvalue weighted by atomic mass is 32.2. The molecule has 0 saturated heterocycles. The van der Waals surface area contributed by atoms with Crippen molar-refractivity contribution in [2.75, 3.05) is 18.2 Å². The summed E-state index contributed by atoms with van der Waals surface area (Å²) in [5.74, 6) is 0.612. The lowest BCUT2D eigenvalue weighted by atomic mass is 10.1. The number of nitrogens with one attached hydrogen (secondary N) is 2. The molecule has 0 aliphatic heterocycles. The Labute approximate surface area is 202 Å². The zero-order chi connectivity index (χ0) is 24.7. The fraction of sp³-hybridized carbons (Fsp3) is 0.333. The minimum atomic E-state index is -0.410. The number of methoxy groups -OCH3 is 1. The molecule has 180 valence electrons. The summed E-state index contributed by atoms with van der Waals surface area (Å²) in [5, 5.41) is 14.7. The Morgan fingerprint density at radius 3 is 2.56 bits per heavy atom. The molecule has 8 nitrogen and oxygen atoms in total. The highest BCUT2D eigenvalue weighted by Crippen LogP contribution is 2.22. The minimum Gasteiger partial charge on any atom is -0.497 e. The molecule has 0 radical (unpaired) electrons. The van der Waals surface area contributed by atoms with Gasteiger partial charge in [-0.25, -0.2) is 4.39 Å². The third kappa shape index (κ3) is 6.57. The Hall–Kier alpha value is -3.40. The van der Waals surface area contributed by atoms with E-state index in [1.165, 1.54) is 23.9 Å². The van der Waals surface area contributed by atoms with Crippen LogP contribution in [0.5, 0.6) is 5.75 Å². The van der Waals surface area contributed by atoms with E-state index >= 15 is 0 Å². The van der Waals surface area contributed by atoms with Crippen LogP contribution in [0.25, 0.3) is 0 Å². The molecule has 0 fully saturated rings. The quantitative estimate of drug-likeness (QED) is 0.423. The van der Waals surface area contributed by atoms with Crippen molar-refractivity contribution in [1.82, 2.24) is 20.1 Å². The second kappa shape index (κ2) is 11.6. The zero-order valence-corrected chi connectivity index (χ0v) is 20.4. The summed E-state index contributed by atoms with van der Waals surface area (Å²) in [6.45, 7) is 6.16. The number of ether oxygens (including phenoxy) is 1. The highest BCUT2D eigenvalue weighted by molar-refractivity contribution is 7.99. The van der Waals surface area contributed by atoms with E-state index in [1.54, 1.807) is 20.1 Å². The number of aromatic nitrogens is 3. The van der Waals surface area contributed by atoms with Crippen LogP contribution in [0.3, 0.4) is 0 Å². The Morgan fingerprint density at radius 2 is 1.88 bits per heavy atom. The predicted molar refractivity (Wildman–Crippen MR) is 129 cm³/mol. The van der Waals surface area contributed by atoms with E-state index < -0.39 is 5.82 Å². The highest BCUT2D eigenvalue weighted by Gasteiger charge is 2.20. The van der Waals surface area contributed by atoms with Crippen LogP contribution in [0.15, 0.2) is 47.6 Å². The van der Waals surface area contributed by atoms with Crippen molar-refractivity contribution < 1.29 is 18.7 Å². The maximum atomic E-state index is 13.5. The lowest BCUT2D eigenvalue weighted by molar-refractivity contribution is -0.121. The summed E-state index contributed by atoms with van der Waals surface area (Å²) in [6.07, 6.45) is 0.232. The van der Waals surface area contributed by atoms with Gasteiger partial charge in [-0.3, -0.25) is 9.59 Å². The van der Waals surface area contributed by atoms with Crippen LogP contribution in [0, 0.1) is 12.7 Å². The second-order valence-electron chi connectivity index (χ2n) is 7.70.